The van der Waals surface area contributed by atoms with Crippen molar-refractivity contribution in [2.24, 2.45) is 47.3 Å². The van der Waals surface area contributed by atoms with Crippen LogP contribution in [-0.2, 0) is 0 Å². The first-order chi connectivity index (χ1) is 15.6. The molecule has 0 aromatic heterocycles. The van der Waals surface area contributed by atoms with E-state index in [-0.39, 0.29) is 11.7 Å². The summed E-state index contributed by atoms with van der Waals surface area (Å²) in [6.45, 7) is 1.77. The molecule has 0 unspecified atom stereocenters. The minimum atomic E-state index is -0.662. The average Bonchev–Trinajstić information content (AvgIpc) is 2.84. The topological polar surface area (TPSA) is 0 Å². The number of allylic oxidation sites excluding steroid dienone is 4. The van der Waals surface area contributed by atoms with Crippen molar-refractivity contribution in [1.82, 2.24) is 0 Å². The molecule has 0 aromatic carbocycles. The highest BCUT2D eigenvalue weighted by atomic mass is 19.1. The third-order valence-electron chi connectivity index (χ3n) is 10.1. The minimum absolute atomic E-state index is 0.00182. The Labute approximate surface area is 196 Å². The smallest absolute Gasteiger partial charge is 0.110 e. The largest absolute Gasteiger partial charge is 0.246 e. The molecule has 0 spiro atoms. The Morgan fingerprint density at radius 1 is 0.594 bits per heavy atom. The molecule has 0 atom stereocenters. The van der Waals surface area contributed by atoms with Gasteiger partial charge in [-0.2, -0.15) is 0 Å². The molecular weight excluding hydrogens is 398 g/mol. The number of halogens is 2. The molecule has 2 heteroatoms. The predicted octanol–water partition coefficient (Wildman–Crippen LogP) is 9.61. The van der Waals surface area contributed by atoms with Gasteiger partial charge in [0, 0.05) is 5.92 Å². The monoisotopic (exact) mass is 446 g/mol. The van der Waals surface area contributed by atoms with E-state index in [0.29, 0.717) is 0 Å². The molecule has 0 nitrogen and oxygen atoms in total. The Bertz CT molecular complexity index is 590. The summed E-state index contributed by atoms with van der Waals surface area (Å²) in [6, 6.07) is 0. The highest BCUT2D eigenvalue weighted by Gasteiger charge is 2.32. The van der Waals surface area contributed by atoms with E-state index in [1.165, 1.54) is 77.0 Å². The van der Waals surface area contributed by atoms with Crippen LogP contribution < -0.4 is 0 Å². The summed E-state index contributed by atoms with van der Waals surface area (Å²) in [6.07, 6.45) is 27.7. The van der Waals surface area contributed by atoms with E-state index < -0.39 is 6.67 Å². The van der Waals surface area contributed by atoms with Crippen LogP contribution >= 0.6 is 0 Å². The second kappa shape index (κ2) is 12.2. The predicted molar refractivity (Wildman–Crippen MR) is 132 cm³/mol. The Hall–Kier alpha value is -0.660. The molecule has 0 heterocycles. The molecule has 0 aromatic rings. The lowest BCUT2D eigenvalue weighted by molar-refractivity contribution is 0.156. The number of alkyl halides is 1. The number of rotatable bonds is 6. The van der Waals surface area contributed by atoms with Gasteiger partial charge in [-0.1, -0.05) is 31.9 Å². The van der Waals surface area contributed by atoms with Gasteiger partial charge in [0.05, 0.1) is 0 Å². The average molecular weight is 447 g/mol. The molecule has 0 bridgehead atoms. The van der Waals surface area contributed by atoms with Crippen LogP contribution in [0.15, 0.2) is 24.1 Å². The molecule has 4 saturated carbocycles. The Morgan fingerprint density at radius 3 is 1.38 bits per heavy atom. The molecule has 4 fully saturated rings. The third-order valence-corrected chi connectivity index (χ3v) is 10.1. The van der Waals surface area contributed by atoms with E-state index in [1.807, 2.05) is 0 Å². The summed E-state index contributed by atoms with van der Waals surface area (Å²) in [5.41, 5.74) is 0. The van der Waals surface area contributed by atoms with Gasteiger partial charge in [-0.3, -0.25) is 0 Å². The normalized spacial score (nSPS) is 42.3. The SMILES string of the molecule is CC1CCC(C2CCC(/C=C/C3CCC(C4CCC(/C(F)=C/CF)CC4)CC3)CC2)CC1. The fourth-order valence-corrected chi connectivity index (χ4v) is 7.80. The van der Waals surface area contributed by atoms with E-state index in [0.717, 1.165) is 73.2 Å². The van der Waals surface area contributed by atoms with Gasteiger partial charge in [0.1, 0.15) is 12.5 Å². The quantitative estimate of drug-likeness (QED) is 0.356. The zero-order valence-electron chi connectivity index (χ0n) is 20.6. The molecule has 0 aliphatic heterocycles. The van der Waals surface area contributed by atoms with Crippen molar-refractivity contribution < 1.29 is 8.78 Å². The van der Waals surface area contributed by atoms with Crippen LogP contribution in [0.1, 0.15) is 110 Å². The lowest BCUT2D eigenvalue weighted by Crippen LogP contribution is -2.26. The zero-order valence-corrected chi connectivity index (χ0v) is 20.6. The van der Waals surface area contributed by atoms with Crippen molar-refractivity contribution in [2.45, 2.75) is 110 Å². The molecule has 182 valence electrons. The van der Waals surface area contributed by atoms with Crippen molar-refractivity contribution in [3.63, 3.8) is 0 Å². The summed E-state index contributed by atoms with van der Waals surface area (Å²) >= 11 is 0. The van der Waals surface area contributed by atoms with Crippen LogP contribution in [-0.4, -0.2) is 6.67 Å². The fourth-order valence-electron chi connectivity index (χ4n) is 7.80. The van der Waals surface area contributed by atoms with E-state index in [9.17, 15) is 8.78 Å². The lowest BCUT2D eigenvalue weighted by Gasteiger charge is -2.37. The van der Waals surface area contributed by atoms with Gasteiger partial charge >= 0.3 is 0 Å². The fraction of sp³-hybridized carbons (Fsp3) is 0.867. The van der Waals surface area contributed by atoms with E-state index in [4.69, 9.17) is 0 Å². The van der Waals surface area contributed by atoms with Crippen LogP contribution in [0.2, 0.25) is 0 Å². The van der Waals surface area contributed by atoms with E-state index >= 15 is 0 Å². The van der Waals surface area contributed by atoms with E-state index in [2.05, 4.69) is 19.1 Å². The summed E-state index contributed by atoms with van der Waals surface area (Å²) in [5, 5.41) is 0. The van der Waals surface area contributed by atoms with Gasteiger partial charge in [-0.15, -0.1) is 0 Å². The Kier molecular flexibility index (Phi) is 9.30. The van der Waals surface area contributed by atoms with Gasteiger partial charge < -0.3 is 0 Å². The lowest BCUT2D eigenvalue weighted by atomic mass is 9.68. The van der Waals surface area contributed by atoms with Gasteiger partial charge in [-0.05, 0) is 137 Å². The maximum atomic E-state index is 13.9. The van der Waals surface area contributed by atoms with Crippen LogP contribution in [0.25, 0.3) is 0 Å². The molecular formula is C30H48F2. The molecule has 4 aliphatic rings. The van der Waals surface area contributed by atoms with Crippen LogP contribution in [0, 0.1) is 47.3 Å². The summed E-state index contributed by atoms with van der Waals surface area (Å²) in [4.78, 5) is 0. The number of hydrogen-bond acceptors (Lipinski definition) is 0. The molecule has 0 N–H and O–H groups in total. The summed E-state index contributed by atoms with van der Waals surface area (Å²) in [5.74, 6) is 6.12. The molecule has 32 heavy (non-hydrogen) atoms. The Morgan fingerprint density at radius 2 is 0.969 bits per heavy atom. The van der Waals surface area contributed by atoms with Crippen LogP contribution in [0.3, 0.4) is 0 Å². The maximum absolute atomic E-state index is 13.9. The number of hydrogen-bond donors (Lipinski definition) is 0. The minimum Gasteiger partial charge on any atom is -0.246 e. The molecule has 0 radical (unpaired) electrons. The van der Waals surface area contributed by atoms with Crippen molar-refractivity contribution in [2.75, 3.05) is 6.67 Å². The van der Waals surface area contributed by atoms with Crippen molar-refractivity contribution in [1.29, 1.82) is 0 Å². The van der Waals surface area contributed by atoms with Crippen LogP contribution in [0.5, 0.6) is 0 Å². The van der Waals surface area contributed by atoms with Crippen molar-refractivity contribution in [3.8, 4) is 0 Å². The van der Waals surface area contributed by atoms with Gasteiger partial charge in [0.25, 0.3) is 0 Å². The maximum Gasteiger partial charge on any atom is 0.110 e. The van der Waals surface area contributed by atoms with Crippen LogP contribution in [0.4, 0.5) is 8.78 Å². The highest BCUT2D eigenvalue weighted by Crippen LogP contribution is 2.44. The standard InChI is InChI=1S/C30H48F2/c1-22-2-10-25(11-3-22)26-12-6-23(7-13-26)4-5-24-8-14-27(15-9-24)28-16-18-29(19-17-28)30(32)20-21-31/h4-5,20,22-29H,2-3,6-19,21H2,1H3/b5-4+,30-20-. The van der Waals surface area contributed by atoms with Gasteiger partial charge in [0.15, 0.2) is 0 Å². The summed E-state index contributed by atoms with van der Waals surface area (Å²) < 4.78 is 26.3. The molecule has 0 saturated heterocycles. The third kappa shape index (κ3) is 6.69. The van der Waals surface area contributed by atoms with E-state index in [1.54, 1.807) is 0 Å². The van der Waals surface area contributed by atoms with Crippen molar-refractivity contribution >= 4 is 0 Å². The van der Waals surface area contributed by atoms with Crippen molar-refractivity contribution in [3.05, 3.63) is 24.1 Å². The molecule has 4 aliphatic carbocycles. The second-order valence-corrected chi connectivity index (χ2v) is 12.1. The Balaban J connectivity index is 1.13. The first-order valence-electron chi connectivity index (χ1n) is 14.2. The van der Waals surface area contributed by atoms with Gasteiger partial charge in [-0.25, -0.2) is 8.78 Å². The second-order valence-electron chi connectivity index (χ2n) is 12.1. The first kappa shape index (κ1) is 24.5. The molecule has 0 amide bonds. The highest BCUT2D eigenvalue weighted by molar-refractivity contribution is 5.01. The zero-order chi connectivity index (χ0) is 22.3. The van der Waals surface area contributed by atoms with Gasteiger partial charge in [0.2, 0.25) is 0 Å². The summed E-state index contributed by atoms with van der Waals surface area (Å²) in [7, 11) is 0. The molecule has 4 rings (SSSR count). The first-order valence-corrected chi connectivity index (χ1v) is 14.2.